The van der Waals surface area contributed by atoms with Crippen LogP contribution < -0.4 is 23.7 Å². The lowest BCUT2D eigenvalue weighted by Crippen LogP contribution is -2.41. The standard InChI is InChI=1S/C26H35NO6/c1-6-14-27(19-10-8-7-9-11-19)26(28)18-12-13-21(22(15-18)29-2)33-20-16-23(30-3)25(32-5)24(17-20)31-4/h12-13,15-17,19H,6-11,14H2,1-5H3. The minimum absolute atomic E-state index is 0.0429. The summed E-state index contributed by atoms with van der Waals surface area (Å²) in [5.74, 6) is 2.97. The van der Waals surface area contributed by atoms with Crippen LogP contribution in [-0.2, 0) is 0 Å². The zero-order valence-electron chi connectivity index (χ0n) is 20.3. The molecule has 1 amide bonds. The molecule has 0 heterocycles. The lowest BCUT2D eigenvalue weighted by molar-refractivity contribution is 0.0634. The molecule has 7 heteroatoms. The molecule has 0 spiro atoms. The smallest absolute Gasteiger partial charge is 0.254 e. The summed E-state index contributed by atoms with van der Waals surface area (Å²) in [4.78, 5) is 15.4. The maximum atomic E-state index is 13.4. The molecular formula is C26H35NO6. The number of ether oxygens (including phenoxy) is 5. The largest absolute Gasteiger partial charge is 0.493 e. The van der Waals surface area contributed by atoms with Gasteiger partial charge < -0.3 is 28.6 Å². The summed E-state index contributed by atoms with van der Waals surface area (Å²) in [5, 5.41) is 0. The van der Waals surface area contributed by atoms with Crippen molar-refractivity contribution in [3.05, 3.63) is 35.9 Å². The van der Waals surface area contributed by atoms with Gasteiger partial charge in [-0.15, -0.1) is 0 Å². The fraction of sp³-hybridized carbons (Fsp3) is 0.500. The van der Waals surface area contributed by atoms with E-state index in [-0.39, 0.29) is 5.91 Å². The van der Waals surface area contributed by atoms with Gasteiger partial charge in [0.1, 0.15) is 5.75 Å². The van der Waals surface area contributed by atoms with Crippen LogP contribution in [0, 0.1) is 0 Å². The third-order valence-electron chi connectivity index (χ3n) is 6.02. The summed E-state index contributed by atoms with van der Waals surface area (Å²) in [6, 6.07) is 9.05. The van der Waals surface area contributed by atoms with Crippen molar-refractivity contribution in [1.29, 1.82) is 0 Å². The molecule has 33 heavy (non-hydrogen) atoms. The number of rotatable bonds is 10. The van der Waals surface area contributed by atoms with Crippen molar-refractivity contribution in [1.82, 2.24) is 4.90 Å². The average Bonchev–Trinajstić information content (AvgIpc) is 2.86. The fourth-order valence-corrected chi connectivity index (χ4v) is 4.38. The Balaban J connectivity index is 1.87. The molecule has 0 saturated heterocycles. The highest BCUT2D eigenvalue weighted by molar-refractivity contribution is 5.95. The zero-order valence-corrected chi connectivity index (χ0v) is 20.3. The molecular weight excluding hydrogens is 422 g/mol. The van der Waals surface area contributed by atoms with Crippen molar-refractivity contribution < 1.29 is 28.5 Å². The lowest BCUT2D eigenvalue weighted by atomic mass is 9.93. The van der Waals surface area contributed by atoms with Gasteiger partial charge in [0.25, 0.3) is 5.91 Å². The maximum Gasteiger partial charge on any atom is 0.254 e. The van der Waals surface area contributed by atoms with E-state index in [4.69, 9.17) is 23.7 Å². The summed E-state index contributed by atoms with van der Waals surface area (Å²) < 4.78 is 27.8. The quantitative estimate of drug-likeness (QED) is 0.456. The number of carbonyl (C=O) groups excluding carboxylic acids is 1. The van der Waals surface area contributed by atoms with Crippen molar-refractivity contribution in [2.45, 2.75) is 51.5 Å². The first-order valence-electron chi connectivity index (χ1n) is 11.5. The molecule has 1 fully saturated rings. The Labute approximate surface area is 196 Å². The number of nitrogens with zero attached hydrogens (tertiary/aromatic N) is 1. The Morgan fingerprint density at radius 3 is 2.03 bits per heavy atom. The monoisotopic (exact) mass is 457 g/mol. The second-order valence-electron chi connectivity index (χ2n) is 8.12. The van der Waals surface area contributed by atoms with Gasteiger partial charge in [0.15, 0.2) is 23.0 Å². The third-order valence-corrected chi connectivity index (χ3v) is 6.02. The topological polar surface area (TPSA) is 66.5 Å². The van der Waals surface area contributed by atoms with E-state index >= 15 is 0 Å². The highest BCUT2D eigenvalue weighted by Crippen LogP contribution is 2.43. The van der Waals surface area contributed by atoms with Gasteiger partial charge >= 0.3 is 0 Å². The first-order chi connectivity index (χ1) is 16.1. The van der Waals surface area contributed by atoms with E-state index < -0.39 is 0 Å². The van der Waals surface area contributed by atoms with E-state index in [2.05, 4.69) is 6.92 Å². The molecule has 1 aliphatic rings. The first-order valence-corrected chi connectivity index (χ1v) is 11.5. The van der Waals surface area contributed by atoms with Crippen molar-refractivity contribution >= 4 is 5.91 Å². The molecule has 0 aliphatic heterocycles. The van der Waals surface area contributed by atoms with E-state index in [1.165, 1.54) is 19.3 Å². The van der Waals surface area contributed by atoms with Crippen LogP contribution in [0.2, 0.25) is 0 Å². The van der Waals surface area contributed by atoms with Gasteiger partial charge in [-0.2, -0.15) is 0 Å². The third kappa shape index (κ3) is 5.64. The van der Waals surface area contributed by atoms with Crippen LogP contribution in [0.15, 0.2) is 30.3 Å². The molecule has 1 aliphatic carbocycles. The van der Waals surface area contributed by atoms with Crippen LogP contribution in [0.5, 0.6) is 34.5 Å². The van der Waals surface area contributed by atoms with Crippen LogP contribution in [0.1, 0.15) is 55.8 Å². The highest BCUT2D eigenvalue weighted by atomic mass is 16.5. The number of benzene rings is 2. The molecule has 2 aromatic rings. The number of methoxy groups -OCH3 is 4. The van der Waals surface area contributed by atoms with Gasteiger partial charge in [0.05, 0.1) is 28.4 Å². The molecule has 7 nitrogen and oxygen atoms in total. The SMILES string of the molecule is CCCN(C(=O)c1ccc(Oc2cc(OC)c(OC)c(OC)c2)c(OC)c1)C1CCCCC1. The van der Waals surface area contributed by atoms with E-state index in [0.717, 1.165) is 25.8 Å². The Morgan fingerprint density at radius 1 is 0.848 bits per heavy atom. The molecule has 3 rings (SSSR count). The van der Waals surface area contributed by atoms with Gasteiger partial charge in [-0.3, -0.25) is 4.79 Å². The molecule has 2 aromatic carbocycles. The predicted octanol–water partition coefficient (Wildman–Crippen LogP) is 5.70. The van der Waals surface area contributed by atoms with Crippen LogP contribution in [0.25, 0.3) is 0 Å². The van der Waals surface area contributed by atoms with Crippen molar-refractivity contribution in [3.8, 4) is 34.5 Å². The van der Waals surface area contributed by atoms with Crippen molar-refractivity contribution in [2.24, 2.45) is 0 Å². The second-order valence-corrected chi connectivity index (χ2v) is 8.12. The summed E-state index contributed by atoms with van der Waals surface area (Å²) in [5.41, 5.74) is 0.600. The van der Waals surface area contributed by atoms with Crippen LogP contribution >= 0.6 is 0 Å². The molecule has 0 atom stereocenters. The van der Waals surface area contributed by atoms with Gasteiger partial charge in [0.2, 0.25) is 5.75 Å². The second kappa shape index (κ2) is 11.7. The van der Waals surface area contributed by atoms with Gasteiger partial charge in [-0.1, -0.05) is 26.2 Å². The molecule has 0 unspecified atom stereocenters. The molecule has 180 valence electrons. The summed E-state index contributed by atoms with van der Waals surface area (Å²) >= 11 is 0. The molecule has 0 aromatic heterocycles. The van der Waals surface area contributed by atoms with Crippen LogP contribution in [0.4, 0.5) is 0 Å². The maximum absolute atomic E-state index is 13.4. The van der Waals surface area contributed by atoms with Crippen LogP contribution in [-0.4, -0.2) is 51.8 Å². The number of hydrogen-bond acceptors (Lipinski definition) is 6. The predicted molar refractivity (Wildman–Crippen MR) is 127 cm³/mol. The zero-order chi connectivity index (χ0) is 23.8. The molecule has 0 bridgehead atoms. The van der Waals surface area contributed by atoms with E-state index in [1.54, 1.807) is 58.8 Å². The summed E-state index contributed by atoms with van der Waals surface area (Å²) in [7, 11) is 6.22. The Kier molecular flexibility index (Phi) is 8.69. The van der Waals surface area contributed by atoms with E-state index in [0.29, 0.717) is 46.1 Å². The van der Waals surface area contributed by atoms with Crippen LogP contribution in [0.3, 0.4) is 0 Å². The lowest BCUT2D eigenvalue weighted by Gasteiger charge is -2.34. The van der Waals surface area contributed by atoms with Gasteiger partial charge in [-0.05, 0) is 37.5 Å². The van der Waals surface area contributed by atoms with E-state index in [9.17, 15) is 4.79 Å². The number of hydrogen-bond donors (Lipinski definition) is 0. The highest BCUT2D eigenvalue weighted by Gasteiger charge is 2.26. The minimum atomic E-state index is 0.0429. The molecule has 1 saturated carbocycles. The summed E-state index contributed by atoms with van der Waals surface area (Å²) in [6.45, 7) is 2.87. The molecule has 0 N–H and O–H groups in total. The minimum Gasteiger partial charge on any atom is -0.493 e. The number of carbonyl (C=O) groups is 1. The Hall–Kier alpha value is -3.09. The molecule has 0 radical (unpaired) electrons. The normalized spacial score (nSPS) is 13.8. The van der Waals surface area contributed by atoms with Crippen molar-refractivity contribution in [3.63, 3.8) is 0 Å². The Morgan fingerprint density at radius 2 is 1.48 bits per heavy atom. The summed E-state index contributed by atoms with van der Waals surface area (Å²) in [6.07, 6.45) is 6.70. The number of amides is 1. The average molecular weight is 458 g/mol. The van der Waals surface area contributed by atoms with Gasteiger partial charge in [-0.25, -0.2) is 0 Å². The van der Waals surface area contributed by atoms with Crippen molar-refractivity contribution in [2.75, 3.05) is 35.0 Å². The van der Waals surface area contributed by atoms with E-state index in [1.807, 2.05) is 4.90 Å². The Bertz CT molecular complexity index is 913. The fourth-order valence-electron chi connectivity index (χ4n) is 4.38. The first kappa shape index (κ1) is 24.6. The van der Waals surface area contributed by atoms with Gasteiger partial charge in [0, 0.05) is 30.3 Å².